The number of hydrogen-bond acceptors (Lipinski definition) is 2. The van der Waals surface area contributed by atoms with Crippen molar-refractivity contribution >= 4 is 5.91 Å². The first-order chi connectivity index (χ1) is 10.5. The summed E-state index contributed by atoms with van der Waals surface area (Å²) in [6.45, 7) is 6.10. The van der Waals surface area contributed by atoms with E-state index in [4.69, 9.17) is 4.74 Å². The molecule has 1 atom stereocenters. The first-order valence-corrected chi connectivity index (χ1v) is 7.49. The van der Waals surface area contributed by atoms with Crippen molar-refractivity contribution in [1.29, 1.82) is 0 Å². The predicted octanol–water partition coefficient (Wildman–Crippen LogP) is 3.73. The van der Waals surface area contributed by atoms with Crippen molar-refractivity contribution in [3.63, 3.8) is 0 Å². The fraction of sp³-hybridized carbons (Fsp3) is 0.316. The summed E-state index contributed by atoms with van der Waals surface area (Å²) in [5, 5.41) is 3.03. The molecule has 0 saturated heterocycles. The van der Waals surface area contributed by atoms with E-state index in [1.807, 2.05) is 37.3 Å². The van der Waals surface area contributed by atoms with Crippen LogP contribution in [-0.4, -0.2) is 13.0 Å². The van der Waals surface area contributed by atoms with Gasteiger partial charge in [0.15, 0.2) is 0 Å². The molecule has 116 valence electrons. The average molecular weight is 297 g/mol. The molecule has 0 heterocycles. The van der Waals surface area contributed by atoms with Crippen LogP contribution in [0.3, 0.4) is 0 Å². The summed E-state index contributed by atoms with van der Waals surface area (Å²) in [4.78, 5) is 12.2. The average Bonchev–Trinajstić information content (AvgIpc) is 2.50. The SMILES string of the molecule is COc1ccccc1[C@H](C)NC(=O)Cc1ccc(C)c(C)c1. The quantitative estimate of drug-likeness (QED) is 0.913. The van der Waals surface area contributed by atoms with Gasteiger partial charge in [0.25, 0.3) is 0 Å². The molecule has 0 bridgehead atoms. The molecule has 0 radical (unpaired) electrons. The van der Waals surface area contributed by atoms with Crippen LogP contribution in [0.5, 0.6) is 5.75 Å². The minimum absolute atomic E-state index is 0.0154. The third-order valence-electron chi connectivity index (χ3n) is 3.92. The Morgan fingerprint density at radius 3 is 2.55 bits per heavy atom. The van der Waals surface area contributed by atoms with E-state index in [0.717, 1.165) is 16.9 Å². The second-order valence-electron chi connectivity index (χ2n) is 5.63. The lowest BCUT2D eigenvalue weighted by Gasteiger charge is -2.17. The van der Waals surface area contributed by atoms with Gasteiger partial charge >= 0.3 is 0 Å². The molecular formula is C19H23NO2. The second-order valence-corrected chi connectivity index (χ2v) is 5.63. The number of hydrogen-bond donors (Lipinski definition) is 1. The maximum absolute atomic E-state index is 12.2. The van der Waals surface area contributed by atoms with E-state index in [-0.39, 0.29) is 11.9 Å². The highest BCUT2D eigenvalue weighted by Crippen LogP contribution is 2.24. The number of nitrogens with one attached hydrogen (secondary N) is 1. The van der Waals surface area contributed by atoms with Crippen LogP contribution >= 0.6 is 0 Å². The molecule has 0 fully saturated rings. The summed E-state index contributed by atoms with van der Waals surface area (Å²) >= 11 is 0. The Hall–Kier alpha value is -2.29. The van der Waals surface area contributed by atoms with Gasteiger partial charge < -0.3 is 10.1 Å². The number of rotatable bonds is 5. The molecular weight excluding hydrogens is 274 g/mol. The number of benzene rings is 2. The number of amides is 1. The van der Waals surface area contributed by atoms with Crippen LogP contribution in [0.1, 0.15) is 35.2 Å². The standard InChI is InChI=1S/C19H23NO2/c1-13-9-10-16(11-14(13)2)12-19(21)20-15(3)17-7-5-6-8-18(17)22-4/h5-11,15H,12H2,1-4H3,(H,20,21)/t15-/m0/s1. The Labute approximate surface area is 132 Å². The van der Waals surface area contributed by atoms with Gasteiger partial charge in [-0.2, -0.15) is 0 Å². The summed E-state index contributed by atoms with van der Waals surface area (Å²) in [6, 6.07) is 13.8. The van der Waals surface area contributed by atoms with Crippen LogP contribution in [-0.2, 0) is 11.2 Å². The van der Waals surface area contributed by atoms with Gasteiger partial charge in [0, 0.05) is 5.56 Å². The molecule has 0 saturated carbocycles. The van der Waals surface area contributed by atoms with Gasteiger partial charge in [-0.1, -0.05) is 36.4 Å². The minimum atomic E-state index is -0.0878. The monoisotopic (exact) mass is 297 g/mol. The number of aryl methyl sites for hydroxylation is 2. The minimum Gasteiger partial charge on any atom is -0.496 e. The topological polar surface area (TPSA) is 38.3 Å². The van der Waals surface area contributed by atoms with Gasteiger partial charge in [-0.15, -0.1) is 0 Å². The number of ether oxygens (including phenoxy) is 1. The van der Waals surface area contributed by atoms with E-state index >= 15 is 0 Å². The lowest BCUT2D eigenvalue weighted by Crippen LogP contribution is -2.28. The maximum Gasteiger partial charge on any atom is 0.224 e. The van der Waals surface area contributed by atoms with Crippen LogP contribution in [0, 0.1) is 13.8 Å². The highest BCUT2D eigenvalue weighted by molar-refractivity contribution is 5.79. The third kappa shape index (κ3) is 3.88. The number of para-hydroxylation sites is 1. The van der Waals surface area contributed by atoms with Crippen LogP contribution in [0.15, 0.2) is 42.5 Å². The fourth-order valence-corrected chi connectivity index (χ4v) is 2.49. The van der Waals surface area contributed by atoms with E-state index in [0.29, 0.717) is 6.42 Å². The Kier molecular flexibility index (Phi) is 5.21. The van der Waals surface area contributed by atoms with E-state index in [1.165, 1.54) is 11.1 Å². The van der Waals surface area contributed by atoms with Crippen LogP contribution < -0.4 is 10.1 Å². The molecule has 22 heavy (non-hydrogen) atoms. The Morgan fingerprint density at radius 2 is 1.86 bits per heavy atom. The summed E-state index contributed by atoms with van der Waals surface area (Å²) < 4.78 is 5.34. The van der Waals surface area contributed by atoms with Crippen molar-refractivity contribution in [2.24, 2.45) is 0 Å². The number of methoxy groups -OCH3 is 1. The van der Waals surface area contributed by atoms with Crippen LogP contribution in [0.25, 0.3) is 0 Å². The van der Waals surface area contributed by atoms with Crippen LogP contribution in [0.4, 0.5) is 0 Å². The van der Waals surface area contributed by atoms with Crippen molar-refractivity contribution in [2.45, 2.75) is 33.2 Å². The molecule has 1 amide bonds. The molecule has 3 nitrogen and oxygen atoms in total. The molecule has 0 aliphatic heterocycles. The van der Waals surface area contributed by atoms with E-state index < -0.39 is 0 Å². The lowest BCUT2D eigenvalue weighted by molar-refractivity contribution is -0.121. The maximum atomic E-state index is 12.2. The van der Waals surface area contributed by atoms with Gasteiger partial charge in [-0.05, 0) is 43.5 Å². The lowest BCUT2D eigenvalue weighted by atomic mass is 10.0. The molecule has 0 spiro atoms. The van der Waals surface area contributed by atoms with Crippen molar-refractivity contribution in [1.82, 2.24) is 5.32 Å². The zero-order valence-electron chi connectivity index (χ0n) is 13.6. The van der Waals surface area contributed by atoms with Crippen molar-refractivity contribution in [3.05, 3.63) is 64.7 Å². The molecule has 2 aromatic rings. The van der Waals surface area contributed by atoms with Crippen molar-refractivity contribution < 1.29 is 9.53 Å². The van der Waals surface area contributed by atoms with Gasteiger partial charge in [0.1, 0.15) is 5.75 Å². The van der Waals surface area contributed by atoms with Gasteiger partial charge in [0.05, 0.1) is 19.6 Å². The Morgan fingerprint density at radius 1 is 1.14 bits per heavy atom. The largest absolute Gasteiger partial charge is 0.496 e. The highest BCUT2D eigenvalue weighted by atomic mass is 16.5. The van der Waals surface area contributed by atoms with E-state index in [1.54, 1.807) is 7.11 Å². The summed E-state index contributed by atoms with van der Waals surface area (Å²) in [6.07, 6.45) is 0.389. The summed E-state index contributed by atoms with van der Waals surface area (Å²) in [5.41, 5.74) is 4.47. The van der Waals surface area contributed by atoms with E-state index in [9.17, 15) is 4.79 Å². The molecule has 0 aliphatic carbocycles. The molecule has 2 aromatic carbocycles. The smallest absolute Gasteiger partial charge is 0.224 e. The van der Waals surface area contributed by atoms with Crippen molar-refractivity contribution in [2.75, 3.05) is 7.11 Å². The molecule has 0 aliphatic rings. The van der Waals surface area contributed by atoms with Gasteiger partial charge in [-0.25, -0.2) is 0 Å². The second kappa shape index (κ2) is 7.12. The molecule has 3 heteroatoms. The normalized spacial score (nSPS) is 11.8. The number of carbonyl (C=O) groups is 1. The Balaban J connectivity index is 2.03. The summed E-state index contributed by atoms with van der Waals surface area (Å²) in [7, 11) is 1.64. The Bertz CT molecular complexity index is 664. The third-order valence-corrected chi connectivity index (χ3v) is 3.92. The molecule has 1 N–H and O–H groups in total. The zero-order chi connectivity index (χ0) is 16.1. The summed E-state index contributed by atoms with van der Waals surface area (Å²) in [5.74, 6) is 0.808. The zero-order valence-corrected chi connectivity index (χ0v) is 13.6. The van der Waals surface area contributed by atoms with Crippen LogP contribution in [0.2, 0.25) is 0 Å². The highest BCUT2D eigenvalue weighted by Gasteiger charge is 2.14. The first-order valence-electron chi connectivity index (χ1n) is 7.49. The molecule has 2 rings (SSSR count). The molecule has 0 aromatic heterocycles. The molecule has 0 unspecified atom stereocenters. The fourth-order valence-electron chi connectivity index (χ4n) is 2.49. The van der Waals surface area contributed by atoms with Gasteiger partial charge in [0.2, 0.25) is 5.91 Å². The van der Waals surface area contributed by atoms with Gasteiger partial charge in [-0.3, -0.25) is 4.79 Å². The number of carbonyl (C=O) groups excluding carboxylic acids is 1. The predicted molar refractivity (Wildman–Crippen MR) is 89.2 cm³/mol. The van der Waals surface area contributed by atoms with Crippen molar-refractivity contribution in [3.8, 4) is 5.75 Å². The van der Waals surface area contributed by atoms with E-state index in [2.05, 4.69) is 31.3 Å². The first kappa shape index (κ1) is 16.1.